The molecule has 0 unspecified atom stereocenters. The SMILES string of the molecule is Cc1ccc(CNC(=O)[C@H](C)n2nc(C)c3sc4ccccc4c3c2=O)cc1. The van der Waals surface area contributed by atoms with Gasteiger partial charge in [-0.1, -0.05) is 48.0 Å². The van der Waals surface area contributed by atoms with E-state index >= 15 is 0 Å². The van der Waals surface area contributed by atoms with E-state index in [1.807, 2.05) is 62.4 Å². The Bertz CT molecular complexity index is 1240. The quantitative estimate of drug-likeness (QED) is 0.569. The summed E-state index contributed by atoms with van der Waals surface area (Å²) in [5, 5.41) is 8.90. The summed E-state index contributed by atoms with van der Waals surface area (Å²) in [6.45, 7) is 6.03. The van der Waals surface area contributed by atoms with Crippen LogP contribution in [-0.2, 0) is 11.3 Å². The molecule has 4 rings (SSSR count). The normalized spacial score (nSPS) is 12.4. The van der Waals surface area contributed by atoms with E-state index in [9.17, 15) is 9.59 Å². The highest BCUT2D eigenvalue weighted by molar-refractivity contribution is 7.26. The molecule has 0 saturated carbocycles. The van der Waals surface area contributed by atoms with Crippen molar-refractivity contribution in [3.63, 3.8) is 0 Å². The van der Waals surface area contributed by atoms with Gasteiger partial charge < -0.3 is 5.32 Å². The summed E-state index contributed by atoms with van der Waals surface area (Å²) in [6, 6.07) is 15.1. The molecule has 142 valence electrons. The van der Waals surface area contributed by atoms with E-state index in [0.29, 0.717) is 11.9 Å². The predicted molar refractivity (Wildman–Crippen MR) is 114 cm³/mol. The van der Waals surface area contributed by atoms with Crippen molar-refractivity contribution in [1.82, 2.24) is 15.1 Å². The van der Waals surface area contributed by atoms with Crippen LogP contribution in [0.4, 0.5) is 0 Å². The maximum Gasteiger partial charge on any atom is 0.276 e. The summed E-state index contributed by atoms with van der Waals surface area (Å²) >= 11 is 1.56. The van der Waals surface area contributed by atoms with Crippen LogP contribution in [0.1, 0.15) is 29.8 Å². The van der Waals surface area contributed by atoms with E-state index in [0.717, 1.165) is 26.0 Å². The summed E-state index contributed by atoms with van der Waals surface area (Å²) in [7, 11) is 0. The first-order valence-corrected chi connectivity index (χ1v) is 10.0. The highest BCUT2D eigenvalue weighted by Crippen LogP contribution is 2.32. The molecule has 0 aliphatic rings. The topological polar surface area (TPSA) is 64.0 Å². The number of aryl methyl sites for hydroxylation is 2. The number of benzene rings is 2. The minimum absolute atomic E-state index is 0.226. The van der Waals surface area contributed by atoms with E-state index in [4.69, 9.17) is 0 Å². The summed E-state index contributed by atoms with van der Waals surface area (Å²) < 4.78 is 3.24. The van der Waals surface area contributed by atoms with Gasteiger partial charge in [0.1, 0.15) is 6.04 Å². The van der Waals surface area contributed by atoms with Crippen molar-refractivity contribution in [3.8, 4) is 0 Å². The Morgan fingerprint density at radius 2 is 1.86 bits per heavy atom. The zero-order valence-corrected chi connectivity index (χ0v) is 16.8. The predicted octanol–water partition coefficient (Wildman–Crippen LogP) is 4.11. The van der Waals surface area contributed by atoms with Crippen molar-refractivity contribution in [2.24, 2.45) is 0 Å². The van der Waals surface area contributed by atoms with Crippen LogP contribution in [0.25, 0.3) is 20.2 Å². The molecule has 1 N–H and O–H groups in total. The molecule has 2 aromatic heterocycles. The number of rotatable bonds is 4. The fourth-order valence-electron chi connectivity index (χ4n) is 3.30. The molecule has 0 bridgehead atoms. The number of thiophene rings is 1. The van der Waals surface area contributed by atoms with Gasteiger partial charge >= 0.3 is 0 Å². The molecule has 28 heavy (non-hydrogen) atoms. The fraction of sp³-hybridized carbons (Fsp3) is 0.227. The molecule has 1 amide bonds. The van der Waals surface area contributed by atoms with Crippen LogP contribution < -0.4 is 10.9 Å². The average molecular weight is 391 g/mol. The molecule has 0 aliphatic carbocycles. The molecular formula is C22H21N3O2S. The number of hydrogen-bond acceptors (Lipinski definition) is 4. The number of fused-ring (bicyclic) bond motifs is 3. The molecule has 2 heterocycles. The lowest BCUT2D eigenvalue weighted by Gasteiger charge is -2.15. The standard InChI is InChI=1S/C22H21N3O2S/c1-13-8-10-16(11-9-13)12-23-21(26)15(3)25-22(27)19-17-6-4-5-7-18(17)28-20(19)14(2)24-25/h4-11,15H,12H2,1-3H3,(H,23,26)/t15-/m0/s1. The van der Waals surface area contributed by atoms with Gasteiger partial charge in [0.05, 0.1) is 15.8 Å². The molecule has 0 radical (unpaired) electrons. The fourth-order valence-corrected chi connectivity index (χ4v) is 4.43. The monoisotopic (exact) mass is 391 g/mol. The summed E-state index contributed by atoms with van der Waals surface area (Å²) in [5.41, 5.74) is 2.72. The Labute approximate surface area is 166 Å². The second kappa shape index (κ2) is 7.20. The lowest BCUT2D eigenvalue weighted by atomic mass is 10.1. The van der Waals surface area contributed by atoms with Crippen LogP contribution in [-0.4, -0.2) is 15.7 Å². The Kier molecular flexibility index (Phi) is 4.73. The van der Waals surface area contributed by atoms with Gasteiger partial charge in [-0.05, 0) is 32.4 Å². The second-order valence-electron chi connectivity index (χ2n) is 7.02. The van der Waals surface area contributed by atoms with E-state index < -0.39 is 6.04 Å². The minimum Gasteiger partial charge on any atom is -0.350 e. The summed E-state index contributed by atoms with van der Waals surface area (Å²) in [6.07, 6.45) is 0. The molecule has 6 heteroatoms. The first-order chi connectivity index (χ1) is 13.5. The second-order valence-corrected chi connectivity index (χ2v) is 8.07. The number of nitrogens with zero attached hydrogens (tertiary/aromatic N) is 2. The first kappa shape index (κ1) is 18.4. The van der Waals surface area contributed by atoms with Crippen molar-refractivity contribution >= 4 is 37.4 Å². The lowest BCUT2D eigenvalue weighted by molar-refractivity contribution is -0.124. The Morgan fingerprint density at radius 3 is 2.61 bits per heavy atom. The summed E-state index contributed by atoms with van der Waals surface area (Å²) in [4.78, 5) is 25.8. The third-order valence-electron chi connectivity index (χ3n) is 4.94. The Morgan fingerprint density at radius 1 is 1.14 bits per heavy atom. The molecule has 0 spiro atoms. The molecule has 2 aromatic carbocycles. The number of carbonyl (C=O) groups is 1. The largest absolute Gasteiger partial charge is 0.350 e. The average Bonchev–Trinajstić information content (AvgIpc) is 3.10. The van der Waals surface area contributed by atoms with E-state index in [1.165, 1.54) is 10.2 Å². The van der Waals surface area contributed by atoms with Gasteiger partial charge in [0, 0.05) is 16.6 Å². The maximum atomic E-state index is 13.1. The first-order valence-electron chi connectivity index (χ1n) is 9.19. The van der Waals surface area contributed by atoms with Gasteiger partial charge in [0.2, 0.25) is 5.91 Å². The van der Waals surface area contributed by atoms with Crippen molar-refractivity contribution in [1.29, 1.82) is 0 Å². The highest BCUT2D eigenvalue weighted by Gasteiger charge is 2.21. The number of carbonyl (C=O) groups excluding carboxylic acids is 1. The van der Waals surface area contributed by atoms with Crippen molar-refractivity contribution in [2.75, 3.05) is 0 Å². The van der Waals surface area contributed by atoms with Crippen LogP contribution >= 0.6 is 11.3 Å². The smallest absolute Gasteiger partial charge is 0.276 e. The van der Waals surface area contributed by atoms with E-state index in [1.54, 1.807) is 18.3 Å². The molecule has 5 nitrogen and oxygen atoms in total. The maximum absolute atomic E-state index is 13.1. The van der Waals surface area contributed by atoms with Gasteiger partial charge in [0.15, 0.2) is 0 Å². The molecule has 0 aliphatic heterocycles. The van der Waals surface area contributed by atoms with Gasteiger partial charge in [-0.25, -0.2) is 4.68 Å². The van der Waals surface area contributed by atoms with Crippen LogP contribution in [0.3, 0.4) is 0 Å². The van der Waals surface area contributed by atoms with Gasteiger partial charge in [0.25, 0.3) is 5.56 Å². The zero-order chi connectivity index (χ0) is 19.8. The molecular weight excluding hydrogens is 370 g/mol. The van der Waals surface area contributed by atoms with E-state index in [-0.39, 0.29) is 11.5 Å². The summed E-state index contributed by atoms with van der Waals surface area (Å²) in [5.74, 6) is -0.228. The zero-order valence-electron chi connectivity index (χ0n) is 16.0. The molecule has 0 fully saturated rings. The Balaban J connectivity index is 1.66. The van der Waals surface area contributed by atoms with Crippen molar-refractivity contribution in [2.45, 2.75) is 33.4 Å². The van der Waals surface area contributed by atoms with Crippen LogP contribution in [0.5, 0.6) is 0 Å². The number of nitrogens with one attached hydrogen (secondary N) is 1. The lowest BCUT2D eigenvalue weighted by Crippen LogP contribution is -2.37. The Hall–Kier alpha value is -2.99. The minimum atomic E-state index is -0.695. The molecule has 0 saturated heterocycles. The molecule has 4 aromatic rings. The van der Waals surface area contributed by atoms with Crippen LogP contribution in [0.2, 0.25) is 0 Å². The molecule has 1 atom stereocenters. The number of amides is 1. The van der Waals surface area contributed by atoms with Crippen LogP contribution in [0, 0.1) is 13.8 Å². The van der Waals surface area contributed by atoms with Gasteiger partial charge in [-0.3, -0.25) is 9.59 Å². The third-order valence-corrected chi connectivity index (χ3v) is 6.22. The van der Waals surface area contributed by atoms with E-state index in [2.05, 4.69) is 10.4 Å². The van der Waals surface area contributed by atoms with Crippen LogP contribution in [0.15, 0.2) is 53.3 Å². The number of hydrogen-bond donors (Lipinski definition) is 1. The number of aromatic nitrogens is 2. The van der Waals surface area contributed by atoms with Gasteiger partial charge in [-0.2, -0.15) is 5.10 Å². The van der Waals surface area contributed by atoms with Crippen molar-refractivity contribution < 1.29 is 4.79 Å². The van der Waals surface area contributed by atoms with Crippen molar-refractivity contribution in [3.05, 3.63) is 75.7 Å². The third kappa shape index (κ3) is 3.20. The van der Waals surface area contributed by atoms with Gasteiger partial charge in [-0.15, -0.1) is 11.3 Å². The highest BCUT2D eigenvalue weighted by atomic mass is 32.1.